The molecule has 4 heteroatoms. The second kappa shape index (κ2) is 4.44. The van der Waals surface area contributed by atoms with Gasteiger partial charge in [-0.05, 0) is 24.1 Å². The number of hydrogen-bond donors (Lipinski definition) is 2. The minimum absolute atomic E-state index is 0.331. The third kappa shape index (κ3) is 2.72. The molecule has 1 atom stereocenters. The first-order valence-corrected chi connectivity index (χ1v) is 4.54. The van der Waals surface area contributed by atoms with E-state index in [0.717, 1.165) is 5.56 Å². The summed E-state index contributed by atoms with van der Waals surface area (Å²) in [7, 11) is 0. The van der Waals surface area contributed by atoms with Gasteiger partial charge >= 0.3 is 5.97 Å². The number of carbonyl (C=O) groups is 1. The first-order valence-electron chi connectivity index (χ1n) is 4.16. The van der Waals surface area contributed by atoms with E-state index in [1.165, 1.54) is 0 Å². The van der Waals surface area contributed by atoms with Crippen LogP contribution in [0.1, 0.15) is 23.7 Å². The highest BCUT2D eigenvalue weighted by molar-refractivity contribution is 6.31. The van der Waals surface area contributed by atoms with Gasteiger partial charge in [-0.2, -0.15) is 0 Å². The molecule has 0 heterocycles. The molecule has 0 amide bonds. The molecule has 0 spiro atoms. The van der Waals surface area contributed by atoms with Crippen molar-refractivity contribution in [1.82, 2.24) is 0 Å². The molecule has 0 aliphatic carbocycles. The summed E-state index contributed by atoms with van der Waals surface area (Å²) in [5.41, 5.74) is 1.43. The molecule has 2 N–H and O–H groups in total. The summed E-state index contributed by atoms with van der Waals surface area (Å²) in [6, 6.07) is 5.12. The lowest BCUT2D eigenvalue weighted by Gasteiger charge is -2.10. The first-order chi connectivity index (χ1) is 6.50. The Balaban J connectivity index is 2.90. The number of halogens is 1. The Bertz CT molecular complexity index is 349. The molecule has 1 aromatic carbocycles. The minimum Gasteiger partial charge on any atom is -0.481 e. The molecule has 1 rings (SSSR count). The van der Waals surface area contributed by atoms with Crippen molar-refractivity contribution < 1.29 is 15.0 Å². The van der Waals surface area contributed by atoms with Crippen molar-refractivity contribution in [1.29, 1.82) is 0 Å². The average molecular weight is 215 g/mol. The number of carboxylic acid groups (broad SMARTS) is 1. The van der Waals surface area contributed by atoms with Crippen LogP contribution in [0.3, 0.4) is 0 Å². The average Bonchev–Trinajstić information content (AvgIpc) is 2.01. The largest absolute Gasteiger partial charge is 0.481 e. The molecule has 0 unspecified atom stereocenters. The fraction of sp³-hybridized carbons (Fsp3) is 0.300. The van der Waals surface area contributed by atoms with E-state index in [4.69, 9.17) is 16.7 Å². The van der Waals surface area contributed by atoms with Crippen LogP contribution in [0, 0.1) is 6.92 Å². The molecule has 0 saturated heterocycles. The van der Waals surface area contributed by atoms with E-state index in [-0.39, 0.29) is 6.42 Å². The SMILES string of the molecule is Cc1ccc([C@H](O)CC(=O)O)c(Cl)c1. The quantitative estimate of drug-likeness (QED) is 0.811. The normalized spacial score (nSPS) is 12.5. The molecule has 0 aromatic heterocycles. The predicted octanol–water partition coefficient (Wildman–Crippen LogP) is 2.16. The summed E-state index contributed by atoms with van der Waals surface area (Å²) >= 11 is 5.85. The van der Waals surface area contributed by atoms with Crippen molar-refractivity contribution in [3.8, 4) is 0 Å². The fourth-order valence-electron chi connectivity index (χ4n) is 1.18. The van der Waals surface area contributed by atoms with Crippen molar-refractivity contribution >= 4 is 17.6 Å². The van der Waals surface area contributed by atoms with Crippen molar-refractivity contribution in [3.63, 3.8) is 0 Å². The molecular formula is C10H11ClO3. The van der Waals surface area contributed by atoms with E-state index in [0.29, 0.717) is 10.6 Å². The van der Waals surface area contributed by atoms with Crippen LogP contribution in [0.2, 0.25) is 5.02 Å². The maximum Gasteiger partial charge on any atom is 0.306 e. The van der Waals surface area contributed by atoms with E-state index >= 15 is 0 Å². The monoisotopic (exact) mass is 214 g/mol. The van der Waals surface area contributed by atoms with Gasteiger partial charge in [0.25, 0.3) is 0 Å². The second-order valence-electron chi connectivity index (χ2n) is 3.14. The number of aryl methyl sites for hydroxylation is 1. The van der Waals surface area contributed by atoms with Crippen molar-refractivity contribution in [2.75, 3.05) is 0 Å². The maximum atomic E-state index is 10.4. The van der Waals surface area contributed by atoms with E-state index in [9.17, 15) is 9.90 Å². The van der Waals surface area contributed by atoms with Crippen LogP contribution in [0.15, 0.2) is 18.2 Å². The predicted molar refractivity (Wildman–Crippen MR) is 53.4 cm³/mol. The number of carboxylic acids is 1. The smallest absolute Gasteiger partial charge is 0.306 e. The van der Waals surface area contributed by atoms with E-state index < -0.39 is 12.1 Å². The van der Waals surface area contributed by atoms with Gasteiger partial charge in [-0.3, -0.25) is 4.79 Å². The molecule has 1 aromatic rings. The Morgan fingerprint density at radius 3 is 2.71 bits per heavy atom. The first kappa shape index (κ1) is 11.0. The number of aliphatic carboxylic acids is 1. The molecule has 0 radical (unpaired) electrons. The highest BCUT2D eigenvalue weighted by Gasteiger charge is 2.14. The molecule has 0 fully saturated rings. The van der Waals surface area contributed by atoms with Crippen LogP contribution >= 0.6 is 11.6 Å². The van der Waals surface area contributed by atoms with Gasteiger partial charge in [0, 0.05) is 5.02 Å². The van der Waals surface area contributed by atoms with Gasteiger partial charge in [0.05, 0.1) is 12.5 Å². The molecule has 0 saturated carbocycles. The summed E-state index contributed by atoms with van der Waals surface area (Å²) in [4.78, 5) is 10.4. The van der Waals surface area contributed by atoms with Gasteiger partial charge in [0.2, 0.25) is 0 Å². The topological polar surface area (TPSA) is 57.5 Å². The number of hydrogen-bond acceptors (Lipinski definition) is 2. The Hall–Kier alpha value is -1.06. The number of aliphatic hydroxyl groups excluding tert-OH is 1. The second-order valence-corrected chi connectivity index (χ2v) is 3.55. The highest BCUT2D eigenvalue weighted by Crippen LogP contribution is 2.25. The van der Waals surface area contributed by atoms with Crippen LogP contribution in [0.5, 0.6) is 0 Å². The molecule has 76 valence electrons. The number of aliphatic hydroxyl groups is 1. The summed E-state index contributed by atoms with van der Waals surface area (Å²) in [6.07, 6.45) is -1.37. The van der Waals surface area contributed by atoms with Crippen LogP contribution in [0.25, 0.3) is 0 Å². The summed E-state index contributed by atoms with van der Waals surface area (Å²) in [5.74, 6) is -1.05. The molecule has 3 nitrogen and oxygen atoms in total. The Labute approximate surface area is 86.9 Å². The van der Waals surface area contributed by atoms with Gasteiger partial charge in [0.1, 0.15) is 0 Å². The molecule has 0 aliphatic heterocycles. The standard InChI is InChI=1S/C10H11ClO3/c1-6-2-3-7(8(11)4-6)9(12)5-10(13)14/h2-4,9,12H,5H2,1H3,(H,13,14)/t9-/m1/s1. The summed E-state index contributed by atoms with van der Waals surface area (Å²) in [5, 5.41) is 18.4. The van der Waals surface area contributed by atoms with E-state index in [1.807, 2.05) is 6.92 Å². The lowest BCUT2D eigenvalue weighted by atomic mass is 10.1. The zero-order valence-electron chi connectivity index (χ0n) is 7.70. The lowest BCUT2D eigenvalue weighted by molar-refractivity contribution is -0.139. The lowest BCUT2D eigenvalue weighted by Crippen LogP contribution is -2.05. The van der Waals surface area contributed by atoms with Gasteiger partial charge < -0.3 is 10.2 Å². The third-order valence-corrected chi connectivity index (χ3v) is 2.21. The van der Waals surface area contributed by atoms with Crippen LogP contribution in [0.4, 0.5) is 0 Å². The van der Waals surface area contributed by atoms with Crippen molar-refractivity contribution in [2.24, 2.45) is 0 Å². The van der Waals surface area contributed by atoms with E-state index in [1.54, 1.807) is 18.2 Å². The zero-order chi connectivity index (χ0) is 10.7. The Kier molecular flexibility index (Phi) is 3.49. The molecule has 14 heavy (non-hydrogen) atoms. The van der Waals surface area contributed by atoms with Crippen molar-refractivity contribution in [2.45, 2.75) is 19.4 Å². The number of rotatable bonds is 3. The van der Waals surface area contributed by atoms with Gasteiger partial charge in [-0.15, -0.1) is 0 Å². The van der Waals surface area contributed by atoms with Crippen molar-refractivity contribution in [3.05, 3.63) is 34.3 Å². The molecular weight excluding hydrogens is 204 g/mol. The van der Waals surface area contributed by atoms with Crippen LogP contribution in [-0.4, -0.2) is 16.2 Å². The zero-order valence-corrected chi connectivity index (χ0v) is 8.45. The Morgan fingerprint density at radius 1 is 1.57 bits per heavy atom. The van der Waals surface area contributed by atoms with Gasteiger partial charge in [0.15, 0.2) is 0 Å². The van der Waals surface area contributed by atoms with Crippen LogP contribution in [-0.2, 0) is 4.79 Å². The number of benzene rings is 1. The Morgan fingerprint density at radius 2 is 2.21 bits per heavy atom. The third-order valence-electron chi connectivity index (χ3n) is 1.88. The molecule has 0 bridgehead atoms. The van der Waals surface area contributed by atoms with Crippen LogP contribution < -0.4 is 0 Å². The van der Waals surface area contributed by atoms with E-state index in [2.05, 4.69) is 0 Å². The fourth-order valence-corrected chi connectivity index (χ4v) is 1.54. The molecule has 0 aliphatic rings. The van der Waals surface area contributed by atoms with Gasteiger partial charge in [-0.1, -0.05) is 23.7 Å². The minimum atomic E-state index is -1.05. The van der Waals surface area contributed by atoms with Gasteiger partial charge in [-0.25, -0.2) is 0 Å². The maximum absolute atomic E-state index is 10.4. The highest BCUT2D eigenvalue weighted by atomic mass is 35.5. The summed E-state index contributed by atoms with van der Waals surface area (Å²) in [6.45, 7) is 1.87. The summed E-state index contributed by atoms with van der Waals surface area (Å²) < 4.78 is 0.